The Morgan fingerprint density at radius 2 is 1.94 bits per heavy atom. The number of aromatic hydroxyl groups is 1. The van der Waals surface area contributed by atoms with Gasteiger partial charge >= 0.3 is 5.69 Å². The molecular weight excluding hydrogens is 240 g/mol. The van der Waals surface area contributed by atoms with Crippen molar-refractivity contribution in [2.24, 2.45) is 0 Å². The van der Waals surface area contributed by atoms with Crippen molar-refractivity contribution in [2.75, 3.05) is 6.79 Å². The standard InChI is InChI=1S/C11H8N2O5/c14-9-4-10(15)13(11(16)12-9)6-1-2-7-8(3-6)18-5-17-7/h1-4,15H,5H2,(H,12,14,16). The summed E-state index contributed by atoms with van der Waals surface area (Å²) in [4.78, 5) is 24.7. The maximum Gasteiger partial charge on any atom is 0.335 e. The first kappa shape index (κ1) is 10.5. The van der Waals surface area contributed by atoms with Crippen molar-refractivity contribution >= 4 is 0 Å². The summed E-state index contributed by atoms with van der Waals surface area (Å²) in [6, 6.07) is 5.66. The molecule has 0 aliphatic carbocycles. The summed E-state index contributed by atoms with van der Waals surface area (Å²) in [5.41, 5.74) is -1.01. The average molecular weight is 248 g/mol. The van der Waals surface area contributed by atoms with E-state index in [9.17, 15) is 14.7 Å². The van der Waals surface area contributed by atoms with Crippen LogP contribution in [0.15, 0.2) is 33.9 Å². The van der Waals surface area contributed by atoms with Crippen molar-refractivity contribution in [3.8, 4) is 23.1 Å². The minimum Gasteiger partial charge on any atom is -0.494 e. The topological polar surface area (TPSA) is 93.5 Å². The van der Waals surface area contributed by atoms with Crippen LogP contribution in [0, 0.1) is 0 Å². The lowest BCUT2D eigenvalue weighted by Crippen LogP contribution is -2.27. The molecule has 7 nitrogen and oxygen atoms in total. The van der Waals surface area contributed by atoms with E-state index in [2.05, 4.69) is 4.98 Å². The summed E-state index contributed by atoms with van der Waals surface area (Å²) >= 11 is 0. The molecule has 0 saturated heterocycles. The summed E-state index contributed by atoms with van der Waals surface area (Å²) in [5.74, 6) is 0.600. The first-order valence-electron chi connectivity index (χ1n) is 5.10. The van der Waals surface area contributed by atoms with Crippen LogP contribution in [0.4, 0.5) is 0 Å². The van der Waals surface area contributed by atoms with Crippen LogP contribution in [-0.2, 0) is 0 Å². The highest BCUT2D eigenvalue weighted by atomic mass is 16.7. The number of nitrogens with zero attached hydrogens (tertiary/aromatic N) is 1. The number of hydrogen-bond donors (Lipinski definition) is 2. The van der Waals surface area contributed by atoms with Crippen LogP contribution >= 0.6 is 0 Å². The molecule has 2 N–H and O–H groups in total. The van der Waals surface area contributed by atoms with Crippen LogP contribution in [0.5, 0.6) is 17.4 Å². The summed E-state index contributed by atoms with van der Waals surface area (Å²) in [6.45, 7) is 0.116. The van der Waals surface area contributed by atoms with Gasteiger partial charge in [0.15, 0.2) is 11.5 Å². The Labute approximate surface area is 99.8 Å². The van der Waals surface area contributed by atoms with E-state index >= 15 is 0 Å². The molecule has 0 bridgehead atoms. The molecule has 0 amide bonds. The van der Waals surface area contributed by atoms with Gasteiger partial charge in [-0.1, -0.05) is 0 Å². The van der Waals surface area contributed by atoms with Crippen LogP contribution in [0.25, 0.3) is 5.69 Å². The van der Waals surface area contributed by atoms with Gasteiger partial charge in [0.1, 0.15) is 0 Å². The van der Waals surface area contributed by atoms with E-state index in [1.54, 1.807) is 18.2 Å². The van der Waals surface area contributed by atoms with Gasteiger partial charge in [0.25, 0.3) is 5.56 Å². The van der Waals surface area contributed by atoms with Crippen LogP contribution in [0.1, 0.15) is 0 Å². The number of nitrogens with one attached hydrogen (secondary N) is 1. The first-order valence-corrected chi connectivity index (χ1v) is 5.10. The lowest BCUT2D eigenvalue weighted by Gasteiger charge is -2.07. The highest BCUT2D eigenvalue weighted by molar-refractivity contribution is 5.50. The molecule has 7 heteroatoms. The van der Waals surface area contributed by atoms with Gasteiger partial charge in [-0.2, -0.15) is 0 Å². The van der Waals surface area contributed by atoms with Crippen molar-refractivity contribution in [2.45, 2.75) is 0 Å². The Hall–Kier alpha value is -2.70. The fraction of sp³-hybridized carbons (Fsp3) is 0.0909. The van der Waals surface area contributed by atoms with Gasteiger partial charge in [-0.3, -0.25) is 9.78 Å². The monoisotopic (exact) mass is 248 g/mol. The second kappa shape index (κ2) is 3.66. The molecule has 0 atom stereocenters. The average Bonchev–Trinajstić information content (AvgIpc) is 2.74. The molecule has 1 aromatic heterocycles. The third-order valence-electron chi connectivity index (χ3n) is 2.54. The maximum atomic E-state index is 11.6. The molecule has 0 spiro atoms. The molecule has 3 rings (SSSR count). The SMILES string of the molecule is O=c1cc(O)n(-c2ccc3c(c2)OCO3)c(=O)[nH]1. The van der Waals surface area contributed by atoms with E-state index in [4.69, 9.17) is 9.47 Å². The zero-order valence-corrected chi connectivity index (χ0v) is 9.04. The summed E-state index contributed by atoms with van der Waals surface area (Å²) in [5, 5.41) is 9.65. The van der Waals surface area contributed by atoms with Crippen molar-refractivity contribution in [1.29, 1.82) is 0 Å². The maximum absolute atomic E-state index is 11.6. The van der Waals surface area contributed by atoms with Crippen molar-refractivity contribution in [3.05, 3.63) is 45.1 Å². The predicted octanol–water partition coefficient (Wildman–Crippen LogP) is -0.0399. The number of aromatic nitrogens is 2. The number of fused-ring (bicyclic) bond motifs is 1. The molecule has 92 valence electrons. The largest absolute Gasteiger partial charge is 0.494 e. The Morgan fingerprint density at radius 3 is 2.72 bits per heavy atom. The molecule has 18 heavy (non-hydrogen) atoms. The molecule has 0 saturated carbocycles. The minimum atomic E-state index is -0.723. The Kier molecular flexibility index (Phi) is 2.12. The number of hydrogen-bond acceptors (Lipinski definition) is 5. The highest BCUT2D eigenvalue weighted by Crippen LogP contribution is 2.33. The van der Waals surface area contributed by atoms with Crippen LogP contribution in [0.3, 0.4) is 0 Å². The zero-order valence-electron chi connectivity index (χ0n) is 9.04. The van der Waals surface area contributed by atoms with Gasteiger partial charge in [-0.05, 0) is 12.1 Å². The summed E-state index contributed by atoms with van der Waals surface area (Å²) < 4.78 is 11.3. The van der Waals surface area contributed by atoms with E-state index in [1.807, 2.05) is 0 Å². The van der Waals surface area contributed by atoms with Gasteiger partial charge in [-0.25, -0.2) is 9.36 Å². The third kappa shape index (κ3) is 1.53. The summed E-state index contributed by atoms with van der Waals surface area (Å²) in [6.07, 6.45) is 0. The van der Waals surface area contributed by atoms with Crippen LogP contribution < -0.4 is 20.7 Å². The normalized spacial score (nSPS) is 12.7. The molecule has 1 aliphatic rings. The molecule has 1 aromatic carbocycles. The smallest absolute Gasteiger partial charge is 0.335 e. The van der Waals surface area contributed by atoms with Crippen molar-refractivity contribution in [1.82, 2.24) is 9.55 Å². The molecule has 2 aromatic rings. The fourth-order valence-electron chi connectivity index (χ4n) is 1.76. The number of aromatic amines is 1. The molecular formula is C11H8N2O5. The van der Waals surface area contributed by atoms with E-state index in [0.29, 0.717) is 17.2 Å². The Bertz CT molecular complexity index is 731. The van der Waals surface area contributed by atoms with Crippen LogP contribution in [-0.4, -0.2) is 21.5 Å². The number of rotatable bonds is 1. The molecule has 1 aliphatic heterocycles. The third-order valence-corrected chi connectivity index (χ3v) is 2.54. The van der Waals surface area contributed by atoms with Crippen molar-refractivity contribution < 1.29 is 14.6 Å². The van der Waals surface area contributed by atoms with Gasteiger partial charge in [0, 0.05) is 6.07 Å². The second-order valence-electron chi connectivity index (χ2n) is 3.67. The Balaban J connectivity index is 2.22. The van der Waals surface area contributed by atoms with Gasteiger partial charge < -0.3 is 14.6 Å². The number of benzene rings is 1. The van der Waals surface area contributed by atoms with Gasteiger partial charge in [-0.15, -0.1) is 0 Å². The zero-order chi connectivity index (χ0) is 12.7. The van der Waals surface area contributed by atoms with Crippen LogP contribution in [0.2, 0.25) is 0 Å². The van der Waals surface area contributed by atoms with E-state index < -0.39 is 17.1 Å². The summed E-state index contributed by atoms with van der Waals surface area (Å²) in [7, 11) is 0. The second-order valence-corrected chi connectivity index (χ2v) is 3.67. The first-order chi connectivity index (χ1) is 8.65. The van der Waals surface area contributed by atoms with Gasteiger partial charge in [0.2, 0.25) is 12.7 Å². The molecule has 0 fully saturated rings. The molecule has 0 unspecified atom stereocenters. The number of ether oxygens (including phenoxy) is 2. The highest BCUT2D eigenvalue weighted by Gasteiger charge is 2.15. The molecule has 0 radical (unpaired) electrons. The predicted molar refractivity (Wildman–Crippen MR) is 60.4 cm³/mol. The Morgan fingerprint density at radius 1 is 1.17 bits per heavy atom. The minimum absolute atomic E-state index is 0.116. The lowest BCUT2D eigenvalue weighted by molar-refractivity contribution is 0.174. The lowest BCUT2D eigenvalue weighted by atomic mass is 10.2. The molecule has 2 heterocycles. The van der Waals surface area contributed by atoms with E-state index in [1.165, 1.54) is 0 Å². The quantitative estimate of drug-likeness (QED) is 0.738. The van der Waals surface area contributed by atoms with E-state index in [-0.39, 0.29) is 6.79 Å². The fourth-order valence-corrected chi connectivity index (χ4v) is 1.76. The van der Waals surface area contributed by atoms with E-state index in [0.717, 1.165) is 10.6 Å². The van der Waals surface area contributed by atoms with Crippen molar-refractivity contribution in [3.63, 3.8) is 0 Å². The number of H-pyrrole nitrogens is 1. The van der Waals surface area contributed by atoms with Gasteiger partial charge in [0.05, 0.1) is 11.8 Å².